The number of carbonyl (C=O) groups excluding carboxylic acids is 1. The predicted molar refractivity (Wildman–Crippen MR) is 112 cm³/mol. The van der Waals surface area contributed by atoms with Gasteiger partial charge >= 0.3 is 5.97 Å². The molecule has 0 fully saturated rings. The molecule has 0 aliphatic carbocycles. The smallest absolute Gasteiger partial charge is 0.379 e. The zero-order valence-corrected chi connectivity index (χ0v) is 15.7. The number of nitrogens with one attached hydrogen (secondary N) is 1. The van der Waals surface area contributed by atoms with E-state index in [1.54, 1.807) is 43.7 Å². The maximum Gasteiger partial charge on any atom is 0.379 e. The van der Waals surface area contributed by atoms with Crippen molar-refractivity contribution in [1.29, 1.82) is 0 Å². The molecule has 3 aromatic carbocycles. The van der Waals surface area contributed by atoms with E-state index in [0.717, 1.165) is 16.6 Å². The van der Waals surface area contributed by atoms with Crippen molar-refractivity contribution in [2.45, 2.75) is 0 Å². The minimum Gasteiger partial charge on any atom is -0.496 e. The summed E-state index contributed by atoms with van der Waals surface area (Å²) >= 11 is 0. The number of furan rings is 1. The monoisotopic (exact) mass is 386 g/mol. The number of ether oxygens (including phenoxy) is 2. The lowest BCUT2D eigenvalue weighted by atomic mass is 10.1. The van der Waals surface area contributed by atoms with E-state index in [9.17, 15) is 4.79 Å². The largest absolute Gasteiger partial charge is 0.496 e. The van der Waals surface area contributed by atoms with Gasteiger partial charge in [0, 0.05) is 11.6 Å². The van der Waals surface area contributed by atoms with Gasteiger partial charge in [0.05, 0.1) is 25.3 Å². The molecule has 6 heteroatoms. The molecule has 1 heterocycles. The van der Waals surface area contributed by atoms with E-state index in [1.165, 1.54) is 11.6 Å². The number of benzene rings is 3. The van der Waals surface area contributed by atoms with Gasteiger partial charge in [-0.3, -0.25) is 5.43 Å². The van der Waals surface area contributed by atoms with Crippen molar-refractivity contribution in [3.8, 4) is 11.5 Å². The van der Waals surface area contributed by atoms with Crippen LogP contribution in [0.1, 0.15) is 16.1 Å². The van der Waals surface area contributed by atoms with E-state index in [0.29, 0.717) is 11.5 Å². The Morgan fingerprint density at radius 1 is 1.00 bits per heavy atom. The third-order valence-corrected chi connectivity index (χ3v) is 4.28. The van der Waals surface area contributed by atoms with Gasteiger partial charge in [-0.2, -0.15) is 5.10 Å². The summed E-state index contributed by atoms with van der Waals surface area (Å²) in [6.07, 6.45) is 3.06. The Kier molecular flexibility index (Phi) is 5.25. The Hall–Kier alpha value is -4.06. The highest BCUT2D eigenvalue weighted by Gasteiger charge is 2.12. The second-order valence-electron chi connectivity index (χ2n) is 6.20. The third kappa shape index (κ3) is 4.27. The number of nitrogens with zero attached hydrogens (tertiary/aromatic N) is 1. The number of methoxy groups -OCH3 is 1. The first kappa shape index (κ1) is 18.3. The Balaban J connectivity index is 1.46. The van der Waals surface area contributed by atoms with Crippen LogP contribution >= 0.6 is 0 Å². The van der Waals surface area contributed by atoms with E-state index in [1.807, 2.05) is 30.3 Å². The molecule has 0 unspecified atom stereocenters. The standard InChI is InChI=1S/C23H18N2O4/c1-27-22-14-20(29-23(26)21-7-4-12-28-21)11-9-18(22)15-24-25-19-10-8-16-5-2-3-6-17(16)13-19/h2-15,25H,1H3/b24-15+. The average Bonchev–Trinajstić information content (AvgIpc) is 3.29. The number of carbonyl (C=O) groups is 1. The SMILES string of the molecule is COc1cc(OC(=O)c2ccco2)ccc1/C=N/Nc1ccc2ccccc2c1. The molecule has 0 aliphatic heterocycles. The fourth-order valence-corrected chi connectivity index (χ4v) is 2.85. The molecule has 144 valence electrons. The van der Waals surface area contributed by atoms with Gasteiger partial charge < -0.3 is 13.9 Å². The molecular weight excluding hydrogens is 368 g/mol. The second-order valence-corrected chi connectivity index (χ2v) is 6.20. The van der Waals surface area contributed by atoms with Crippen LogP contribution in [0, 0.1) is 0 Å². The molecule has 6 nitrogen and oxygen atoms in total. The van der Waals surface area contributed by atoms with Gasteiger partial charge in [0.15, 0.2) is 0 Å². The van der Waals surface area contributed by atoms with Gasteiger partial charge in [0.1, 0.15) is 11.5 Å². The molecule has 0 saturated carbocycles. The molecule has 4 rings (SSSR count). The van der Waals surface area contributed by atoms with Crippen LogP contribution in [0.3, 0.4) is 0 Å². The lowest BCUT2D eigenvalue weighted by Crippen LogP contribution is -2.07. The summed E-state index contributed by atoms with van der Waals surface area (Å²) in [5.74, 6) is 0.437. The Morgan fingerprint density at radius 2 is 1.86 bits per heavy atom. The zero-order valence-electron chi connectivity index (χ0n) is 15.7. The quantitative estimate of drug-likeness (QED) is 0.216. The van der Waals surface area contributed by atoms with Gasteiger partial charge in [0.25, 0.3) is 0 Å². The first-order chi connectivity index (χ1) is 14.2. The average molecular weight is 386 g/mol. The molecular formula is C23H18N2O4. The van der Waals surface area contributed by atoms with E-state index in [4.69, 9.17) is 13.9 Å². The summed E-state index contributed by atoms with van der Waals surface area (Å²) in [6, 6.07) is 22.4. The summed E-state index contributed by atoms with van der Waals surface area (Å²) < 4.78 is 15.7. The molecule has 0 saturated heterocycles. The summed E-state index contributed by atoms with van der Waals surface area (Å²) in [7, 11) is 1.54. The Bertz CT molecular complexity index is 1170. The number of fused-ring (bicyclic) bond motifs is 1. The number of rotatable bonds is 6. The highest BCUT2D eigenvalue weighted by molar-refractivity contribution is 5.89. The molecule has 0 radical (unpaired) electrons. The van der Waals surface area contributed by atoms with Gasteiger partial charge in [-0.25, -0.2) is 4.79 Å². The summed E-state index contributed by atoms with van der Waals surface area (Å²) in [4.78, 5) is 12.0. The van der Waals surface area contributed by atoms with Gasteiger partial charge in [-0.1, -0.05) is 30.3 Å². The minimum atomic E-state index is -0.573. The van der Waals surface area contributed by atoms with Gasteiger partial charge in [0.2, 0.25) is 5.76 Å². The topological polar surface area (TPSA) is 73.1 Å². The van der Waals surface area contributed by atoms with Crippen molar-refractivity contribution >= 4 is 28.6 Å². The molecule has 0 spiro atoms. The summed E-state index contributed by atoms with van der Waals surface area (Å²) in [5, 5.41) is 6.58. The first-order valence-electron chi connectivity index (χ1n) is 8.94. The highest BCUT2D eigenvalue weighted by atomic mass is 16.5. The van der Waals surface area contributed by atoms with Crippen LogP contribution in [0.2, 0.25) is 0 Å². The van der Waals surface area contributed by atoms with Crippen LogP contribution in [0.5, 0.6) is 11.5 Å². The lowest BCUT2D eigenvalue weighted by molar-refractivity contribution is 0.0701. The van der Waals surface area contributed by atoms with Crippen molar-refractivity contribution in [3.63, 3.8) is 0 Å². The maximum absolute atomic E-state index is 12.0. The number of anilines is 1. The summed E-state index contributed by atoms with van der Waals surface area (Å²) in [5.41, 5.74) is 4.63. The third-order valence-electron chi connectivity index (χ3n) is 4.28. The maximum atomic E-state index is 12.0. The first-order valence-corrected chi connectivity index (χ1v) is 8.94. The molecule has 4 aromatic rings. The number of esters is 1. The van der Waals surface area contributed by atoms with Crippen molar-refractivity contribution < 1.29 is 18.7 Å². The second kappa shape index (κ2) is 8.31. The van der Waals surface area contributed by atoms with Crippen LogP contribution < -0.4 is 14.9 Å². The predicted octanol–water partition coefficient (Wildman–Crippen LogP) is 5.11. The zero-order chi connectivity index (χ0) is 20.1. The minimum absolute atomic E-state index is 0.134. The van der Waals surface area contributed by atoms with Crippen molar-refractivity contribution in [2.75, 3.05) is 12.5 Å². The molecule has 0 atom stereocenters. The van der Waals surface area contributed by atoms with Crippen LogP contribution in [-0.2, 0) is 0 Å². The molecule has 0 bridgehead atoms. The van der Waals surface area contributed by atoms with Crippen LogP contribution in [0.15, 0.2) is 88.6 Å². The number of hydrogen-bond donors (Lipinski definition) is 1. The molecule has 0 amide bonds. The fraction of sp³-hybridized carbons (Fsp3) is 0.0435. The van der Waals surface area contributed by atoms with Gasteiger partial charge in [-0.15, -0.1) is 0 Å². The fourth-order valence-electron chi connectivity index (χ4n) is 2.85. The van der Waals surface area contributed by atoms with E-state index in [-0.39, 0.29) is 5.76 Å². The van der Waals surface area contributed by atoms with Gasteiger partial charge in [-0.05, 0) is 47.2 Å². The van der Waals surface area contributed by atoms with Crippen molar-refractivity contribution in [3.05, 3.63) is 90.4 Å². The number of hydrazone groups is 1. The lowest BCUT2D eigenvalue weighted by Gasteiger charge is -2.08. The van der Waals surface area contributed by atoms with E-state index in [2.05, 4.69) is 22.7 Å². The Morgan fingerprint density at radius 3 is 2.66 bits per heavy atom. The van der Waals surface area contributed by atoms with E-state index >= 15 is 0 Å². The Labute approximate surface area is 167 Å². The van der Waals surface area contributed by atoms with Crippen molar-refractivity contribution in [1.82, 2.24) is 0 Å². The highest BCUT2D eigenvalue weighted by Crippen LogP contribution is 2.25. The molecule has 0 aliphatic rings. The number of hydrogen-bond acceptors (Lipinski definition) is 6. The molecule has 29 heavy (non-hydrogen) atoms. The molecule has 1 aromatic heterocycles. The summed E-state index contributed by atoms with van der Waals surface area (Å²) in [6.45, 7) is 0. The van der Waals surface area contributed by atoms with E-state index < -0.39 is 5.97 Å². The van der Waals surface area contributed by atoms with Crippen LogP contribution in [-0.4, -0.2) is 19.3 Å². The van der Waals surface area contributed by atoms with Crippen molar-refractivity contribution in [2.24, 2.45) is 5.10 Å². The normalized spacial score (nSPS) is 10.9. The van der Waals surface area contributed by atoms with Crippen LogP contribution in [0.4, 0.5) is 5.69 Å². The molecule has 1 N–H and O–H groups in total. The van der Waals surface area contributed by atoms with Crippen LogP contribution in [0.25, 0.3) is 10.8 Å².